The molecule has 0 amide bonds. The summed E-state index contributed by atoms with van der Waals surface area (Å²) in [6.07, 6.45) is 4.66. The number of carboxylic acid groups (broad SMARTS) is 1. The minimum Gasteiger partial charge on any atom is -0.478 e. The summed E-state index contributed by atoms with van der Waals surface area (Å²) in [5, 5.41) is 9.41. The third-order valence-corrected chi connectivity index (χ3v) is 4.12. The molecule has 0 saturated heterocycles. The Balaban J connectivity index is 1.86. The largest absolute Gasteiger partial charge is 0.478 e. The summed E-state index contributed by atoms with van der Waals surface area (Å²) in [4.78, 5) is 23.8. The predicted octanol–water partition coefficient (Wildman–Crippen LogP) is 4.90. The first kappa shape index (κ1) is 20.0. The number of aliphatic carboxylic acids is 1. The molecule has 3 aromatic rings. The van der Waals surface area contributed by atoms with Gasteiger partial charge in [0.2, 0.25) is 0 Å². The summed E-state index contributed by atoms with van der Waals surface area (Å²) in [5.74, 6) is -0.0451. The molecular formula is C22H21N3O4. The topological polar surface area (TPSA) is 94.4 Å². The van der Waals surface area contributed by atoms with E-state index in [9.17, 15) is 9.90 Å². The van der Waals surface area contributed by atoms with Crippen LogP contribution in [-0.4, -0.2) is 26.0 Å². The fourth-order valence-electron chi connectivity index (χ4n) is 2.81. The summed E-state index contributed by atoms with van der Waals surface area (Å²) in [7, 11) is 0. The molecule has 7 heteroatoms. The highest BCUT2D eigenvalue weighted by Crippen LogP contribution is 2.30. The number of hydrogen-bond donors (Lipinski definition) is 1. The van der Waals surface area contributed by atoms with Gasteiger partial charge in [-0.05, 0) is 31.0 Å². The number of aryl methyl sites for hydroxylation is 1. The van der Waals surface area contributed by atoms with Crippen molar-refractivity contribution < 1.29 is 19.4 Å². The molecule has 29 heavy (non-hydrogen) atoms. The van der Waals surface area contributed by atoms with Gasteiger partial charge in [0.15, 0.2) is 0 Å². The van der Waals surface area contributed by atoms with Gasteiger partial charge in [0.25, 0.3) is 0 Å². The summed E-state index contributed by atoms with van der Waals surface area (Å²) in [5.41, 5.74) is 1.61. The molecule has 0 aliphatic rings. The summed E-state index contributed by atoms with van der Waals surface area (Å²) < 4.78 is 11.6. The van der Waals surface area contributed by atoms with Gasteiger partial charge in [-0.1, -0.05) is 55.8 Å². The lowest BCUT2D eigenvalue weighted by molar-refractivity contribution is -0.130. The lowest BCUT2D eigenvalue weighted by Crippen LogP contribution is -2.03. The first-order valence-electron chi connectivity index (χ1n) is 9.24. The predicted molar refractivity (Wildman–Crippen MR) is 108 cm³/mol. The van der Waals surface area contributed by atoms with Crippen molar-refractivity contribution in [2.45, 2.75) is 26.7 Å². The summed E-state index contributed by atoms with van der Waals surface area (Å²) in [6.45, 7) is 3.75. The third-order valence-electron chi connectivity index (χ3n) is 4.12. The molecule has 148 valence electrons. The van der Waals surface area contributed by atoms with Crippen molar-refractivity contribution in [3.05, 3.63) is 72.1 Å². The van der Waals surface area contributed by atoms with E-state index >= 15 is 0 Å². The smallest absolute Gasteiger partial charge is 0.336 e. The Kier molecular flexibility index (Phi) is 6.52. The Hall–Kier alpha value is -3.74. The zero-order chi connectivity index (χ0) is 20.6. The van der Waals surface area contributed by atoms with Gasteiger partial charge in [0.05, 0.1) is 5.57 Å². The maximum Gasteiger partial charge on any atom is 0.336 e. The zero-order valence-electron chi connectivity index (χ0n) is 16.2. The number of aromatic nitrogens is 3. The van der Waals surface area contributed by atoms with E-state index in [1.165, 1.54) is 12.4 Å². The van der Waals surface area contributed by atoms with Gasteiger partial charge in [-0.25, -0.2) is 4.79 Å². The van der Waals surface area contributed by atoms with Crippen LogP contribution in [0.1, 0.15) is 31.4 Å². The molecule has 7 nitrogen and oxygen atoms in total. The highest BCUT2D eigenvalue weighted by molar-refractivity contribution is 6.16. The zero-order valence-corrected chi connectivity index (χ0v) is 16.2. The van der Waals surface area contributed by atoms with E-state index in [1.807, 2.05) is 24.3 Å². The maximum absolute atomic E-state index is 11.5. The molecule has 0 spiro atoms. The van der Waals surface area contributed by atoms with E-state index in [2.05, 4.69) is 21.9 Å². The molecule has 0 aliphatic carbocycles. The van der Waals surface area contributed by atoms with Crippen LogP contribution in [0.15, 0.2) is 60.9 Å². The number of allylic oxidation sites excluding steroid dienone is 1. The molecule has 0 saturated carbocycles. The first-order valence-corrected chi connectivity index (χ1v) is 9.24. The van der Waals surface area contributed by atoms with Crippen LogP contribution < -0.4 is 9.47 Å². The first-order chi connectivity index (χ1) is 14.1. The molecule has 0 bridgehead atoms. The lowest BCUT2D eigenvalue weighted by atomic mass is 10.1. The molecule has 0 atom stereocenters. The molecule has 1 heterocycles. The average molecular weight is 391 g/mol. The molecule has 3 rings (SSSR count). The second-order valence-corrected chi connectivity index (χ2v) is 6.12. The Bertz CT molecular complexity index is 1030. The Morgan fingerprint density at radius 1 is 1.00 bits per heavy atom. The molecule has 0 fully saturated rings. The molecule has 0 radical (unpaired) electrons. The van der Waals surface area contributed by atoms with Gasteiger partial charge in [-0.2, -0.15) is 9.97 Å². The van der Waals surface area contributed by atoms with Gasteiger partial charge >= 0.3 is 18.0 Å². The van der Waals surface area contributed by atoms with Crippen molar-refractivity contribution in [1.29, 1.82) is 0 Å². The SMILES string of the molecule is CC=C(C(=O)O)c1ccccc1Oc1ncnc(Oc2ccccc2CCC)n1. The van der Waals surface area contributed by atoms with Crippen molar-refractivity contribution in [3.8, 4) is 23.5 Å². The molecule has 0 aliphatic heterocycles. The van der Waals surface area contributed by atoms with Gasteiger partial charge in [0, 0.05) is 5.56 Å². The van der Waals surface area contributed by atoms with Crippen LogP contribution in [0.5, 0.6) is 23.5 Å². The number of ether oxygens (including phenoxy) is 2. The second-order valence-electron chi connectivity index (χ2n) is 6.12. The fourth-order valence-corrected chi connectivity index (χ4v) is 2.81. The van der Waals surface area contributed by atoms with E-state index in [0.29, 0.717) is 17.1 Å². The van der Waals surface area contributed by atoms with Crippen LogP contribution in [0.4, 0.5) is 0 Å². The number of carbonyl (C=O) groups is 1. The highest BCUT2D eigenvalue weighted by Gasteiger charge is 2.16. The van der Waals surface area contributed by atoms with Crippen LogP contribution in [0.2, 0.25) is 0 Å². The Morgan fingerprint density at radius 3 is 2.28 bits per heavy atom. The van der Waals surface area contributed by atoms with Gasteiger partial charge in [0.1, 0.15) is 17.8 Å². The van der Waals surface area contributed by atoms with Crippen molar-refractivity contribution >= 4 is 11.5 Å². The second kappa shape index (κ2) is 9.45. The van der Waals surface area contributed by atoms with E-state index in [4.69, 9.17) is 9.47 Å². The number of carboxylic acids is 1. The van der Waals surface area contributed by atoms with Gasteiger partial charge in [-0.3, -0.25) is 0 Å². The summed E-state index contributed by atoms with van der Waals surface area (Å²) in [6, 6.07) is 14.6. The van der Waals surface area contributed by atoms with E-state index in [-0.39, 0.29) is 17.6 Å². The number of benzene rings is 2. The lowest BCUT2D eigenvalue weighted by Gasteiger charge is -2.11. The average Bonchev–Trinajstić information content (AvgIpc) is 2.71. The summed E-state index contributed by atoms with van der Waals surface area (Å²) >= 11 is 0. The molecule has 0 unspecified atom stereocenters. The molecular weight excluding hydrogens is 370 g/mol. The maximum atomic E-state index is 11.5. The van der Waals surface area contributed by atoms with Crippen molar-refractivity contribution in [2.24, 2.45) is 0 Å². The minimum absolute atomic E-state index is 0.0104. The van der Waals surface area contributed by atoms with Gasteiger partial charge in [-0.15, -0.1) is 4.98 Å². The minimum atomic E-state index is -1.05. The van der Waals surface area contributed by atoms with Crippen LogP contribution in [-0.2, 0) is 11.2 Å². The standard InChI is InChI=1S/C22H21N3O4/c1-3-9-15-10-5-7-12-18(15)28-21-23-14-24-22(25-21)29-19-13-8-6-11-17(19)16(4-2)20(26)27/h4-8,10-14H,3,9H2,1-2H3,(H,26,27). The van der Waals surface area contributed by atoms with E-state index in [1.54, 1.807) is 31.2 Å². The number of rotatable bonds is 8. The van der Waals surface area contributed by atoms with Crippen molar-refractivity contribution in [3.63, 3.8) is 0 Å². The van der Waals surface area contributed by atoms with Crippen LogP contribution in [0, 0.1) is 0 Å². The van der Waals surface area contributed by atoms with Gasteiger partial charge < -0.3 is 14.6 Å². The monoisotopic (exact) mass is 391 g/mol. The fraction of sp³-hybridized carbons (Fsp3) is 0.182. The third kappa shape index (κ3) is 4.95. The number of hydrogen-bond acceptors (Lipinski definition) is 6. The Morgan fingerprint density at radius 2 is 1.62 bits per heavy atom. The molecule has 1 N–H and O–H groups in total. The normalized spacial score (nSPS) is 11.2. The molecule has 1 aromatic heterocycles. The quantitative estimate of drug-likeness (QED) is 0.546. The van der Waals surface area contributed by atoms with Crippen LogP contribution in [0.25, 0.3) is 5.57 Å². The van der Waals surface area contributed by atoms with E-state index < -0.39 is 5.97 Å². The highest BCUT2D eigenvalue weighted by atomic mass is 16.5. The number of nitrogens with zero attached hydrogens (tertiary/aromatic N) is 3. The van der Waals surface area contributed by atoms with Crippen molar-refractivity contribution in [1.82, 2.24) is 15.0 Å². The van der Waals surface area contributed by atoms with E-state index in [0.717, 1.165) is 18.4 Å². The molecule has 2 aromatic carbocycles. The van der Waals surface area contributed by atoms with Crippen LogP contribution >= 0.6 is 0 Å². The number of para-hydroxylation sites is 2. The van der Waals surface area contributed by atoms with Crippen LogP contribution in [0.3, 0.4) is 0 Å². The van der Waals surface area contributed by atoms with Crippen molar-refractivity contribution in [2.75, 3.05) is 0 Å². The Labute approximate surface area is 168 Å².